The maximum atomic E-state index is 12.3. The van der Waals surface area contributed by atoms with E-state index in [0.29, 0.717) is 24.5 Å². The molecule has 0 fully saturated rings. The summed E-state index contributed by atoms with van der Waals surface area (Å²) < 4.78 is 36.4. The van der Waals surface area contributed by atoms with Crippen LogP contribution in [0.5, 0.6) is 11.5 Å². The lowest BCUT2D eigenvalue weighted by Gasteiger charge is -2.15. The van der Waals surface area contributed by atoms with Crippen LogP contribution in [0.4, 0.5) is 0 Å². The normalized spacial score (nSPS) is 13.2. The molecule has 0 radical (unpaired) electrons. The smallest absolute Gasteiger partial charge is 0.252 e. The summed E-state index contributed by atoms with van der Waals surface area (Å²) in [5, 5.41) is 4.42. The third-order valence-corrected chi connectivity index (χ3v) is 6.88. The summed E-state index contributed by atoms with van der Waals surface area (Å²) in [6, 6.07) is 8.81. The number of hydrogen-bond acceptors (Lipinski definition) is 6. The van der Waals surface area contributed by atoms with E-state index in [-0.39, 0.29) is 23.5 Å². The molecule has 1 N–H and O–H groups in total. The maximum absolute atomic E-state index is 12.3. The number of thiophene rings is 1. The molecule has 1 amide bonds. The third-order valence-electron chi connectivity index (χ3n) is 3.70. The second-order valence-electron chi connectivity index (χ2n) is 5.48. The second-order valence-corrected chi connectivity index (χ2v) is 8.70. The molecule has 2 aromatic rings. The first-order chi connectivity index (χ1) is 12.0. The zero-order chi connectivity index (χ0) is 17.9. The topological polar surface area (TPSA) is 84.9 Å². The lowest BCUT2D eigenvalue weighted by molar-refractivity contribution is -0.121. The first kappa shape index (κ1) is 17.7. The van der Waals surface area contributed by atoms with E-state index in [1.165, 1.54) is 13.1 Å². The molecule has 0 bridgehead atoms. The number of nitrogens with zero attached hydrogens (tertiary/aromatic N) is 1. The van der Waals surface area contributed by atoms with Crippen LogP contribution in [0.15, 0.2) is 39.9 Å². The van der Waals surface area contributed by atoms with Gasteiger partial charge in [0.25, 0.3) is 10.0 Å². The summed E-state index contributed by atoms with van der Waals surface area (Å²) in [7, 11) is -2.22. The Labute approximate surface area is 150 Å². The lowest BCUT2D eigenvalue weighted by Crippen LogP contribution is -2.38. The molecule has 1 aromatic heterocycles. The van der Waals surface area contributed by atoms with Crippen LogP contribution in [0.2, 0.25) is 0 Å². The molecule has 1 aliphatic rings. The van der Waals surface area contributed by atoms with E-state index in [2.05, 4.69) is 5.32 Å². The van der Waals surface area contributed by atoms with Gasteiger partial charge >= 0.3 is 0 Å². The van der Waals surface area contributed by atoms with Crippen LogP contribution in [-0.4, -0.2) is 45.6 Å². The van der Waals surface area contributed by atoms with Gasteiger partial charge in [0, 0.05) is 13.6 Å². The van der Waals surface area contributed by atoms with Gasteiger partial charge in [0.05, 0.1) is 6.54 Å². The Morgan fingerprint density at radius 1 is 1.28 bits per heavy atom. The van der Waals surface area contributed by atoms with Gasteiger partial charge in [0.1, 0.15) is 4.21 Å². The summed E-state index contributed by atoms with van der Waals surface area (Å²) in [6.07, 6.45) is 0.615. The van der Waals surface area contributed by atoms with Crippen molar-refractivity contribution in [2.75, 3.05) is 26.9 Å². The number of benzene rings is 1. The molecule has 0 spiro atoms. The van der Waals surface area contributed by atoms with Gasteiger partial charge in [0.15, 0.2) is 11.5 Å². The van der Waals surface area contributed by atoms with Crippen LogP contribution in [0.1, 0.15) is 5.56 Å². The molecule has 2 heterocycles. The highest BCUT2D eigenvalue weighted by Crippen LogP contribution is 2.32. The Kier molecular flexibility index (Phi) is 5.26. The van der Waals surface area contributed by atoms with Gasteiger partial charge in [-0.25, -0.2) is 8.42 Å². The minimum atomic E-state index is -3.61. The Balaban J connectivity index is 1.48. The number of likely N-dealkylation sites (N-methyl/N-ethyl adjacent to an activating group) is 1. The molecule has 134 valence electrons. The quantitative estimate of drug-likeness (QED) is 0.784. The number of ether oxygens (including phenoxy) is 2. The molecule has 25 heavy (non-hydrogen) atoms. The standard InChI is InChI=1S/C16H18N2O5S2/c1-18(25(20,21)16-3-2-8-24-16)10-15(19)17-7-6-12-4-5-13-14(9-12)23-11-22-13/h2-5,8-9H,6-7,10-11H2,1H3,(H,17,19). The van der Waals surface area contributed by atoms with Crippen LogP contribution in [0.25, 0.3) is 0 Å². The Morgan fingerprint density at radius 3 is 2.84 bits per heavy atom. The summed E-state index contributed by atoms with van der Waals surface area (Å²) in [5.74, 6) is 1.07. The summed E-state index contributed by atoms with van der Waals surface area (Å²) in [5.41, 5.74) is 1.00. The first-order valence-corrected chi connectivity index (χ1v) is 9.94. The number of sulfonamides is 1. The second kappa shape index (κ2) is 7.42. The number of amides is 1. The fourth-order valence-electron chi connectivity index (χ4n) is 2.35. The average Bonchev–Trinajstić information content (AvgIpc) is 3.26. The molecule has 3 rings (SSSR count). The van der Waals surface area contributed by atoms with Crippen molar-refractivity contribution in [3.8, 4) is 11.5 Å². The predicted octanol–water partition coefficient (Wildman–Crippen LogP) is 1.46. The van der Waals surface area contributed by atoms with Crippen molar-refractivity contribution in [2.45, 2.75) is 10.6 Å². The van der Waals surface area contributed by atoms with Crippen LogP contribution in [-0.2, 0) is 21.2 Å². The molecular weight excluding hydrogens is 364 g/mol. The van der Waals surface area contributed by atoms with Crippen LogP contribution in [0.3, 0.4) is 0 Å². The largest absolute Gasteiger partial charge is 0.454 e. The van der Waals surface area contributed by atoms with Crippen molar-refractivity contribution in [1.82, 2.24) is 9.62 Å². The number of rotatable bonds is 7. The van der Waals surface area contributed by atoms with Gasteiger partial charge in [-0.1, -0.05) is 12.1 Å². The van der Waals surface area contributed by atoms with E-state index in [0.717, 1.165) is 21.2 Å². The van der Waals surface area contributed by atoms with Gasteiger partial charge in [-0.3, -0.25) is 4.79 Å². The Morgan fingerprint density at radius 2 is 2.08 bits per heavy atom. The molecule has 1 aliphatic heterocycles. The van der Waals surface area contributed by atoms with E-state index in [1.807, 2.05) is 18.2 Å². The molecule has 0 aliphatic carbocycles. The molecular formula is C16H18N2O5S2. The fraction of sp³-hybridized carbons (Fsp3) is 0.312. The zero-order valence-electron chi connectivity index (χ0n) is 13.6. The third kappa shape index (κ3) is 4.12. The number of carbonyl (C=O) groups excluding carboxylic acids is 1. The molecule has 0 saturated carbocycles. The predicted molar refractivity (Wildman–Crippen MR) is 93.4 cm³/mol. The van der Waals surface area contributed by atoms with Crippen molar-refractivity contribution in [3.63, 3.8) is 0 Å². The van der Waals surface area contributed by atoms with E-state index in [1.54, 1.807) is 11.4 Å². The SMILES string of the molecule is CN(CC(=O)NCCc1ccc2c(c1)OCO2)S(=O)(=O)c1cccs1. The number of fused-ring (bicyclic) bond motifs is 1. The average molecular weight is 382 g/mol. The Hall–Kier alpha value is -2.10. The lowest BCUT2D eigenvalue weighted by atomic mass is 10.1. The zero-order valence-corrected chi connectivity index (χ0v) is 15.2. The van der Waals surface area contributed by atoms with Crippen molar-refractivity contribution in [3.05, 3.63) is 41.3 Å². The van der Waals surface area contributed by atoms with E-state index in [9.17, 15) is 13.2 Å². The van der Waals surface area contributed by atoms with Crippen LogP contribution >= 0.6 is 11.3 Å². The van der Waals surface area contributed by atoms with Crippen LogP contribution in [0, 0.1) is 0 Å². The van der Waals surface area contributed by atoms with E-state index in [4.69, 9.17) is 9.47 Å². The van der Waals surface area contributed by atoms with Crippen LogP contribution < -0.4 is 14.8 Å². The summed E-state index contributed by atoms with van der Waals surface area (Å²) >= 11 is 1.13. The maximum Gasteiger partial charge on any atom is 0.252 e. The summed E-state index contributed by atoms with van der Waals surface area (Å²) in [6.45, 7) is 0.410. The Bertz CT molecular complexity index is 849. The van der Waals surface area contributed by atoms with Crippen molar-refractivity contribution in [1.29, 1.82) is 0 Å². The van der Waals surface area contributed by atoms with Gasteiger partial charge in [-0.15, -0.1) is 11.3 Å². The molecule has 0 saturated heterocycles. The minimum absolute atomic E-state index is 0.221. The van der Waals surface area contributed by atoms with E-state index < -0.39 is 10.0 Å². The molecule has 9 heteroatoms. The monoisotopic (exact) mass is 382 g/mol. The van der Waals surface area contributed by atoms with E-state index >= 15 is 0 Å². The highest BCUT2D eigenvalue weighted by molar-refractivity contribution is 7.91. The molecule has 1 aromatic carbocycles. The van der Waals surface area contributed by atoms with Crippen molar-refractivity contribution >= 4 is 27.3 Å². The highest BCUT2D eigenvalue weighted by Gasteiger charge is 2.23. The van der Waals surface area contributed by atoms with Gasteiger partial charge in [0.2, 0.25) is 12.7 Å². The molecule has 0 unspecified atom stereocenters. The summed E-state index contributed by atoms with van der Waals surface area (Å²) in [4.78, 5) is 12.0. The van der Waals surface area contributed by atoms with Gasteiger partial charge in [-0.2, -0.15) is 4.31 Å². The van der Waals surface area contributed by atoms with Gasteiger partial charge in [-0.05, 0) is 35.6 Å². The first-order valence-electron chi connectivity index (χ1n) is 7.62. The number of hydrogen-bond donors (Lipinski definition) is 1. The highest BCUT2D eigenvalue weighted by atomic mass is 32.2. The van der Waals surface area contributed by atoms with Crippen molar-refractivity contribution in [2.24, 2.45) is 0 Å². The number of carbonyl (C=O) groups is 1. The molecule has 7 nitrogen and oxygen atoms in total. The number of nitrogens with one attached hydrogen (secondary N) is 1. The van der Waals surface area contributed by atoms with Crippen molar-refractivity contribution < 1.29 is 22.7 Å². The molecule has 0 atom stereocenters. The minimum Gasteiger partial charge on any atom is -0.454 e. The fourth-order valence-corrected chi connectivity index (χ4v) is 4.68. The van der Waals surface area contributed by atoms with Gasteiger partial charge < -0.3 is 14.8 Å².